The van der Waals surface area contributed by atoms with Crippen molar-refractivity contribution in [2.24, 2.45) is 5.92 Å². The molecule has 1 N–H and O–H groups in total. The number of carbonyl (C=O) groups excluding carboxylic acids is 2. The summed E-state index contributed by atoms with van der Waals surface area (Å²) in [5, 5.41) is 9.52. The summed E-state index contributed by atoms with van der Waals surface area (Å²) in [6.07, 6.45) is 2.91. The number of hydrogen-bond acceptors (Lipinski definition) is 9. The summed E-state index contributed by atoms with van der Waals surface area (Å²) in [4.78, 5) is 40.7. The molecule has 4 heterocycles. The average Bonchev–Trinajstić information content (AvgIpc) is 3.60. The topological polar surface area (TPSA) is 121 Å². The summed E-state index contributed by atoms with van der Waals surface area (Å²) < 4.78 is 26.1. The van der Waals surface area contributed by atoms with Crippen LogP contribution in [0.5, 0.6) is 0 Å². The number of nitrogens with zero attached hydrogens (tertiary/aromatic N) is 5. The first-order valence-corrected chi connectivity index (χ1v) is 15.2. The van der Waals surface area contributed by atoms with Gasteiger partial charge in [-0.05, 0) is 60.9 Å². The quantitative estimate of drug-likeness (QED) is 0.161. The van der Waals surface area contributed by atoms with Crippen molar-refractivity contribution in [1.29, 1.82) is 0 Å². The lowest BCUT2D eigenvalue weighted by atomic mass is 9.91. The molecular weight excluding hydrogens is 591 g/mol. The van der Waals surface area contributed by atoms with Crippen LogP contribution in [-0.2, 0) is 25.5 Å². The summed E-state index contributed by atoms with van der Waals surface area (Å²) in [5.74, 6) is -1.07. The molecule has 1 saturated heterocycles. The summed E-state index contributed by atoms with van der Waals surface area (Å²) in [7, 11) is 3.19. The number of methoxy groups -OCH3 is 2. The van der Waals surface area contributed by atoms with Crippen molar-refractivity contribution < 1.29 is 28.3 Å². The van der Waals surface area contributed by atoms with Crippen molar-refractivity contribution in [2.75, 3.05) is 47.1 Å². The van der Waals surface area contributed by atoms with Crippen LogP contribution in [0.2, 0.25) is 0 Å². The van der Waals surface area contributed by atoms with Crippen LogP contribution in [0.4, 0.5) is 4.39 Å². The second-order valence-corrected chi connectivity index (χ2v) is 11.3. The third-order valence-electron chi connectivity index (χ3n) is 8.01. The lowest BCUT2D eigenvalue weighted by Crippen LogP contribution is -2.28. The molecule has 5 rings (SSSR count). The number of carbonyl (C=O) groups is 2. The largest absolute Gasteiger partial charge is 0.383 e. The Morgan fingerprint density at radius 1 is 1.07 bits per heavy atom. The molecule has 2 atom stereocenters. The van der Waals surface area contributed by atoms with Crippen LogP contribution in [0.25, 0.3) is 16.9 Å². The minimum atomic E-state index is -0.596. The van der Waals surface area contributed by atoms with E-state index in [1.165, 1.54) is 12.3 Å². The zero-order valence-electron chi connectivity index (χ0n) is 26.5. The standard InChI is InChI=1S/C34H39FN6O5/c1-22-16-25(20-38-31(22)34(43)37-12-14-44-3)32-23(2)29(41(39-32)27-8-6-5-7-9-27)19-28(42)17-26-21-40(13-15-45-4)46-33(26)24-10-11-36-30(35)18-24/h5-11,16,18,20,26,33H,12-15,17,19,21H2,1-4H3,(H,37,43)/t26-,33+/m1/s1. The first-order valence-electron chi connectivity index (χ1n) is 15.2. The average molecular weight is 631 g/mol. The molecule has 1 aliphatic heterocycles. The van der Waals surface area contributed by atoms with Crippen LogP contribution in [0.3, 0.4) is 0 Å². The van der Waals surface area contributed by atoms with Crippen molar-refractivity contribution in [1.82, 2.24) is 30.1 Å². The second kappa shape index (κ2) is 15.3. The van der Waals surface area contributed by atoms with E-state index in [1.807, 2.05) is 50.2 Å². The maximum absolute atomic E-state index is 14.0. The molecule has 0 unspecified atom stereocenters. The summed E-state index contributed by atoms with van der Waals surface area (Å²) in [6.45, 7) is 6.05. The number of para-hydroxylation sites is 1. The van der Waals surface area contributed by atoms with Crippen LogP contribution in [0, 0.1) is 25.7 Å². The highest BCUT2D eigenvalue weighted by molar-refractivity contribution is 5.94. The van der Waals surface area contributed by atoms with E-state index in [0.29, 0.717) is 55.4 Å². The second-order valence-electron chi connectivity index (χ2n) is 11.3. The van der Waals surface area contributed by atoms with Crippen LogP contribution >= 0.6 is 0 Å². The molecule has 12 heteroatoms. The molecule has 46 heavy (non-hydrogen) atoms. The number of ether oxygens (including phenoxy) is 2. The molecule has 4 aromatic rings. The van der Waals surface area contributed by atoms with Gasteiger partial charge in [-0.3, -0.25) is 19.4 Å². The highest BCUT2D eigenvalue weighted by atomic mass is 19.1. The van der Waals surface area contributed by atoms with Gasteiger partial charge >= 0.3 is 0 Å². The number of pyridine rings is 2. The van der Waals surface area contributed by atoms with E-state index in [2.05, 4.69) is 15.3 Å². The van der Waals surface area contributed by atoms with Gasteiger partial charge in [-0.1, -0.05) is 18.2 Å². The van der Waals surface area contributed by atoms with Gasteiger partial charge in [0.05, 0.1) is 30.3 Å². The van der Waals surface area contributed by atoms with Crippen LogP contribution in [0.1, 0.15) is 45.4 Å². The third-order valence-corrected chi connectivity index (χ3v) is 8.01. The van der Waals surface area contributed by atoms with Crippen LogP contribution in [0.15, 0.2) is 60.9 Å². The maximum Gasteiger partial charge on any atom is 0.270 e. The molecule has 1 aromatic carbocycles. The SMILES string of the molecule is COCCNC(=O)c1ncc(-c2nn(-c3ccccc3)c(CC(=O)C[C@@H]3CN(CCOC)O[C@H]3c3ccnc(F)c3)c2C)cc1C. The molecule has 3 aromatic heterocycles. The smallest absolute Gasteiger partial charge is 0.270 e. The van der Waals surface area contributed by atoms with Gasteiger partial charge in [0.2, 0.25) is 5.95 Å². The normalized spacial score (nSPS) is 16.5. The van der Waals surface area contributed by atoms with Crippen LogP contribution < -0.4 is 5.32 Å². The van der Waals surface area contributed by atoms with E-state index >= 15 is 0 Å². The fourth-order valence-corrected chi connectivity index (χ4v) is 5.72. The number of aryl methyl sites for hydroxylation is 1. The van der Waals surface area contributed by atoms with Gasteiger partial charge in [-0.25, -0.2) is 9.67 Å². The lowest BCUT2D eigenvalue weighted by molar-refractivity contribution is -0.155. The van der Waals surface area contributed by atoms with E-state index < -0.39 is 12.1 Å². The van der Waals surface area contributed by atoms with Gasteiger partial charge in [0.15, 0.2) is 0 Å². The van der Waals surface area contributed by atoms with Crippen LogP contribution in [-0.4, -0.2) is 83.6 Å². The van der Waals surface area contributed by atoms with Gasteiger partial charge in [-0.15, -0.1) is 0 Å². The predicted molar refractivity (Wildman–Crippen MR) is 169 cm³/mol. The number of ketones is 1. The number of aromatic nitrogens is 4. The predicted octanol–water partition coefficient (Wildman–Crippen LogP) is 4.21. The van der Waals surface area contributed by atoms with Gasteiger partial charge in [0, 0.05) is 70.6 Å². The molecule has 242 valence electrons. The fourth-order valence-electron chi connectivity index (χ4n) is 5.72. The van der Waals surface area contributed by atoms with E-state index in [1.54, 1.807) is 36.2 Å². The highest BCUT2D eigenvalue weighted by Gasteiger charge is 2.37. The van der Waals surface area contributed by atoms with Gasteiger partial charge in [0.1, 0.15) is 17.6 Å². The Labute approximate surface area is 267 Å². The number of hydroxylamine groups is 2. The van der Waals surface area contributed by atoms with E-state index in [-0.39, 0.29) is 30.4 Å². The van der Waals surface area contributed by atoms with Crippen molar-refractivity contribution in [3.8, 4) is 16.9 Å². The molecule has 0 spiro atoms. The van der Waals surface area contributed by atoms with E-state index in [4.69, 9.17) is 19.4 Å². The number of nitrogens with one attached hydrogen (secondary N) is 1. The summed E-state index contributed by atoms with van der Waals surface area (Å²) in [6, 6.07) is 14.6. The minimum absolute atomic E-state index is 0.00540. The number of rotatable bonds is 14. The molecule has 1 fully saturated rings. The molecular formula is C34H39FN6O5. The Kier molecular flexibility index (Phi) is 11.0. The Morgan fingerprint density at radius 3 is 2.57 bits per heavy atom. The zero-order chi connectivity index (χ0) is 32.6. The Balaban J connectivity index is 1.41. The van der Waals surface area contributed by atoms with E-state index in [0.717, 1.165) is 22.5 Å². The van der Waals surface area contributed by atoms with Gasteiger partial charge in [-0.2, -0.15) is 14.6 Å². The summed E-state index contributed by atoms with van der Waals surface area (Å²) >= 11 is 0. The zero-order valence-corrected chi connectivity index (χ0v) is 26.5. The number of hydrogen-bond donors (Lipinski definition) is 1. The van der Waals surface area contributed by atoms with Crippen molar-refractivity contribution in [2.45, 2.75) is 32.8 Å². The molecule has 0 bridgehead atoms. The van der Waals surface area contributed by atoms with Gasteiger partial charge < -0.3 is 14.8 Å². The molecule has 0 aliphatic carbocycles. The molecule has 1 amide bonds. The highest BCUT2D eigenvalue weighted by Crippen LogP contribution is 2.37. The fraction of sp³-hybridized carbons (Fsp3) is 0.382. The Hall–Kier alpha value is -4.36. The number of halogens is 1. The first-order chi connectivity index (χ1) is 22.3. The number of Topliss-reactive ketones (excluding diaryl/α,β-unsaturated/α-hetero) is 1. The van der Waals surface area contributed by atoms with Crippen molar-refractivity contribution >= 4 is 11.7 Å². The van der Waals surface area contributed by atoms with Gasteiger partial charge in [0.25, 0.3) is 5.91 Å². The Bertz CT molecular complexity index is 1660. The molecule has 11 nitrogen and oxygen atoms in total. The molecule has 0 radical (unpaired) electrons. The molecule has 0 saturated carbocycles. The monoisotopic (exact) mass is 630 g/mol. The van der Waals surface area contributed by atoms with Crippen molar-refractivity contribution in [3.05, 3.63) is 95.0 Å². The number of amides is 1. The Morgan fingerprint density at radius 2 is 1.85 bits per heavy atom. The minimum Gasteiger partial charge on any atom is -0.383 e. The summed E-state index contributed by atoms with van der Waals surface area (Å²) in [5.41, 5.74) is 5.50. The number of benzene rings is 1. The van der Waals surface area contributed by atoms with E-state index in [9.17, 15) is 14.0 Å². The molecule has 1 aliphatic rings. The maximum atomic E-state index is 14.0. The van der Waals surface area contributed by atoms with Crippen molar-refractivity contribution in [3.63, 3.8) is 0 Å². The third kappa shape index (κ3) is 7.71. The lowest BCUT2D eigenvalue weighted by Gasteiger charge is -2.17. The first kappa shape index (κ1) is 33.0.